The molecule has 2 aliphatic heterocycles. The lowest BCUT2D eigenvalue weighted by molar-refractivity contribution is -0.143. The van der Waals surface area contributed by atoms with E-state index in [-0.39, 0.29) is 12.0 Å². The molecule has 19 heavy (non-hydrogen) atoms. The number of esters is 1. The Morgan fingerprint density at radius 2 is 2.32 bits per heavy atom. The van der Waals surface area contributed by atoms with E-state index < -0.39 is 6.10 Å². The third-order valence-corrected chi connectivity index (χ3v) is 3.38. The van der Waals surface area contributed by atoms with Crippen LogP contribution in [-0.4, -0.2) is 31.8 Å². The number of fused-ring (bicyclic) bond motifs is 1. The number of carbonyl (C=O) groups is 1. The van der Waals surface area contributed by atoms with E-state index in [0.717, 1.165) is 17.9 Å². The van der Waals surface area contributed by atoms with Crippen LogP contribution in [0.3, 0.4) is 0 Å². The van der Waals surface area contributed by atoms with E-state index >= 15 is 0 Å². The van der Waals surface area contributed by atoms with Crippen LogP contribution in [0.1, 0.15) is 24.9 Å². The molecule has 2 aliphatic rings. The number of hydrogen-bond donors (Lipinski definition) is 1. The first-order valence-corrected chi connectivity index (χ1v) is 6.61. The maximum atomic E-state index is 11.4. The van der Waals surface area contributed by atoms with Gasteiger partial charge in [-0.05, 0) is 18.7 Å². The Labute approximate surface area is 111 Å². The molecule has 1 N–H and O–H groups in total. The number of carbonyl (C=O) groups excluding carboxylic acids is 1. The van der Waals surface area contributed by atoms with Crippen molar-refractivity contribution in [3.8, 4) is 11.5 Å². The van der Waals surface area contributed by atoms with Crippen LogP contribution in [0.5, 0.6) is 11.5 Å². The molecule has 0 aliphatic carbocycles. The number of likely N-dealkylation sites (N-methyl/N-ethyl adjacent to an activating group) is 1. The first-order valence-electron chi connectivity index (χ1n) is 6.61. The number of rotatable bonds is 4. The molecular formula is C14H17NO4. The van der Waals surface area contributed by atoms with E-state index in [4.69, 9.17) is 14.2 Å². The fourth-order valence-corrected chi connectivity index (χ4v) is 2.43. The van der Waals surface area contributed by atoms with E-state index in [1.807, 2.05) is 18.2 Å². The molecule has 3 rings (SSSR count). The van der Waals surface area contributed by atoms with Crippen LogP contribution < -0.4 is 14.8 Å². The van der Waals surface area contributed by atoms with Gasteiger partial charge < -0.3 is 19.5 Å². The first-order chi connectivity index (χ1) is 9.28. The Morgan fingerprint density at radius 3 is 3.05 bits per heavy atom. The molecule has 1 fully saturated rings. The minimum absolute atomic E-state index is 0.241. The normalized spacial score (nSPS) is 24.8. The summed E-state index contributed by atoms with van der Waals surface area (Å²) in [6.07, 6.45) is 0.126. The second-order valence-electron chi connectivity index (χ2n) is 4.68. The van der Waals surface area contributed by atoms with Crippen molar-refractivity contribution in [3.63, 3.8) is 0 Å². The molecule has 0 bridgehead atoms. The smallest absolute Gasteiger partial charge is 0.347 e. The molecule has 0 saturated carbocycles. The molecule has 2 unspecified atom stereocenters. The van der Waals surface area contributed by atoms with Crippen molar-refractivity contribution in [1.29, 1.82) is 0 Å². The van der Waals surface area contributed by atoms with Crippen LogP contribution in [-0.2, 0) is 9.53 Å². The van der Waals surface area contributed by atoms with Crippen molar-refractivity contribution < 1.29 is 19.0 Å². The molecule has 5 nitrogen and oxygen atoms in total. The summed E-state index contributed by atoms with van der Waals surface area (Å²) >= 11 is 0. The summed E-state index contributed by atoms with van der Waals surface area (Å²) in [5.74, 6) is 1.20. The molecular weight excluding hydrogens is 246 g/mol. The average molecular weight is 263 g/mol. The van der Waals surface area contributed by atoms with Crippen molar-refractivity contribution in [2.45, 2.75) is 25.5 Å². The summed E-state index contributed by atoms with van der Waals surface area (Å²) in [6, 6.07) is 5.96. The van der Waals surface area contributed by atoms with Gasteiger partial charge in [0.1, 0.15) is 18.1 Å². The third-order valence-electron chi connectivity index (χ3n) is 3.38. The zero-order chi connectivity index (χ0) is 13.2. The minimum atomic E-state index is -0.482. The Morgan fingerprint density at radius 1 is 1.42 bits per heavy atom. The predicted molar refractivity (Wildman–Crippen MR) is 68.3 cm³/mol. The van der Waals surface area contributed by atoms with Gasteiger partial charge in [-0.3, -0.25) is 0 Å². The van der Waals surface area contributed by atoms with Gasteiger partial charge in [-0.25, -0.2) is 4.79 Å². The zero-order valence-electron chi connectivity index (χ0n) is 10.8. The summed E-state index contributed by atoms with van der Waals surface area (Å²) in [5.41, 5.74) is 1.14. The Balaban J connectivity index is 1.73. The summed E-state index contributed by atoms with van der Waals surface area (Å²) in [4.78, 5) is 11.4. The van der Waals surface area contributed by atoms with E-state index in [1.54, 1.807) is 0 Å². The summed E-state index contributed by atoms with van der Waals surface area (Å²) < 4.78 is 16.1. The Hall–Kier alpha value is -1.75. The molecule has 1 saturated heterocycles. The van der Waals surface area contributed by atoms with E-state index in [9.17, 15) is 4.79 Å². The van der Waals surface area contributed by atoms with Gasteiger partial charge >= 0.3 is 5.97 Å². The minimum Gasteiger partial charge on any atom is -0.491 e. The van der Waals surface area contributed by atoms with Gasteiger partial charge in [0, 0.05) is 18.1 Å². The highest BCUT2D eigenvalue weighted by Gasteiger charge is 2.29. The Kier molecular flexibility index (Phi) is 3.29. The highest BCUT2D eigenvalue weighted by atomic mass is 16.6. The molecule has 102 valence electrons. The zero-order valence-corrected chi connectivity index (χ0v) is 10.8. The lowest BCUT2D eigenvalue weighted by Crippen LogP contribution is -2.22. The standard InChI is InChI=1S/C14H17NO4/c1-2-15-11-8-18-13-7-9(3-4-10(11)13)19-12-5-6-17-14(12)16/h3-4,7,11-12,15H,2,5-6,8H2,1H3. The van der Waals surface area contributed by atoms with Crippen LogP contribution in [0.25, 0.3) is 0 Å². The lowest BCUT2D eigenvalue weighted by Gasteiger charge is -2.12. The number of nitrogens with one attached hydrogen (secondary N) is 1. The van der Waals surface area contributed by atoms with Crippen LogP contribution in [0.4, 0.5) is 0 Å². The highest BCUT2D eigenvalue weighted by Crippen LogP contribution is 2.35. The van der Waals surface area contributed by atoms with Gasteiger partial charge in [0.2, 0.25) is 0 Å². The second kappa shape index (κ2) is 5.09. The number of ether oxygens (including phenoxy) is 3. The van der Waals surface area contributed by atoms with Gasteiger partial charge in [0.05, 0.1) is 12.6 Å². The number of cyclic esters (lactones) is 1. The monoisotopic (exact) mass is 263 g/mol. The van der Waals surface area contributed by atoms with Crippen LogP contribution in [0.15, 0.2) is 18.2 Å². The quantitative estimate of drug-likeness (QED) is 0.833. The SMILES string of the molecule is CCNC1COc2cc(OC3CCOC3=O)ccc21. The molecule has 0 spiro atoms. The molecule has 5 heteroatoms. The molecule has 1 aromatic rings. The lowest BCUT2D eigenvalue weighted by atomic mass is 10.1. The predicted octanol–water partition coefficient (Wildman–Crippen LogP) is 1.42. The maximum absolute atomic E-state index is 11.4. The molecule has 0 radical (unpaired) electrons. The van der Waals surface area contributed by atoms with Crippen molar-refractivity contribution in [1.82, 2.24) is 5.32 Å². The van der Waals surface area contributed by atoms with E-state index in [1.165, 1.54) is 0 Å². The van der Waals surface area contributed by atoms with E-state index in [2.05, 4.69) is 12.2 Å². The van der Waals surface area contributed by atoms with Crippen molar-refractivity contribution in [3.05, 3.63) is 23.8 Å². The second-order valence-corrected chi connectivity index (χ2v) is 4.68. The Bertz CT molecular complexity index is 488. The highest BCUT2D eigenvalue weighted by molar-refractivity contribution is 5.76. The summed E-state index contributed by atoms with van der Waals surface area (Å²) in [6.45, 7) is 4.05. The van der Waals surface area contributed by atoms with Gasteiger partial charge in [-0.2, -0.15) is 0 Å². The van der Waals surface area contributed by atoms with Crippen molar-refractivity contribution in [2.24, 2.45) is 0 Å². The fraction of sp³-hybridized carbons (Fsp3) is 0.500. The fourth-order valence-electron chi connectivity index (χ4n) is 2.43. The third kappa shape index (κ3) is 2.38. The van der Waals surface area contributed by atoms with E-state index in [0.29, 0.717) is 25.4 Å². The molecule has 1 aromatic carbocycles. The molecule has 0 amide bonds. The molecule has 2 heterocycles. The van der Waals surface area contributed by atoms with Crippen LogP contribution in [0, 0.1) is 0 Å². The van der Waals surface area contributed by atoms with Gasteiger partial charge in [-0.15, -0.1) is 0 Å². The van der Waals surface area contributed by atoms with Crippen molar-refractivity contribution >= 4 is 5.97 Å². The topological polar surface area (TPSA) is 56.8 Å². The van der Waals surface area contributed by atoms with Gasteiger partial charge in [-0.1, -0.05) is 6.92 Å². The summed E-state index contributed by atoms with van der Waals surface area (Å²) in [5, 5.41) is 3.36. The van der Waals surface area contributed by atoms with Crippen LogP contribution in [0.2, 0.25) is 0 Å². The average Bonchev–Trinajstić information content (AvgIpc) is 2.98. The molecule has 0 aromatic heterocycles. The largest absolute Gasteiger partial charge is 0.491 e. The van der Waals surface area contributed by atoms with Crippen LogP contribution >= 0.6 is 0 Å². The van der Waals surface area contributed by atoms with Crippen molar-refractivity contribution in [2.75, 3.05) is 19.8 Å². The van der Waals surface area contributed by atoms with Gasteiger partial charge in [0.15, 0.2) is 6.10 Å². The number of hydrogen-bond acceptors (Lipinski definition) is 5. The van der Waals surface area contributed by atoms with Gasteiger partial charge in [0.25, 0.3) is 0 Å². The maximum Gasteiger partial charge on any atom is 0.347 e. The first kappa shape index (κ1) is 12.3. The summed E-state index contributed by atoms with van der Waals surface area (Å²) in [7, 11) is 0. The number of benzene rings is 1. The molecule has 2 atom stereocenters.